The highest BCUT2D eigenvalue weighted by atomic mass is 16.6. The van der Waals surface area contributed by atoms with E-state index in [1.165, 1.54) is 26.2 Å². The Labute approximate surface area is 80.0 Å². The number of hydrogen-bond acceptors (Lipinski definition) is 3. The third kappa shape index (κ3) is 2.79. The number of hydrogen-bond donors (Lipinski definition) is 0. The van der Waals surface area contributed by atoms with Crippen LogP contribution in [-0.2, 0) is 4.74 Å². The van der Waals surface area contributed by atoms with E-state index in [0.717, 1.165) is 19.7 Å². The maximum atomic E-state index is 5.21. The number of piperazine rings is 1. The molecule has 13 heavy (non-hydrogen) atoms. The lowest BCUT2D eigenvalue weighted by molar-refractivity contribution is 0.134. The highest BCUT2D eigenvalue weighted by molar-refractivity contribution is 4.81. The maximum absolute atomic E-state index is 5.21. The molecule has 2 aliphatic heterocycles. The molecule has 0 saturated carbocycles. The molecule has 0 bridgehead atoms. The van der Waals surface area contributed by atoms with Crippen molar-refractivity contribution in [3.63, 3.8) is 0 Å². The smallest absolute Gasteiger partial charge is 0.0936 e. The van der Waals surface area contributed by atoms with Gasteiger partial charge in [0.25, 0.3) is 0 Å². The van der Waals surface area contributed by atoms with E-state index in [0.29, 0.717) is 6.10 Å². The van der Waals surface area contributed by atoms with Crippen LogP contribution in [0, 0.1) is 0 Å². The van der Waals surface area contributed by atoms with E-state index in [9.17, 15) is 0 Å². The first-order valence-electron chi connectivity index (χ1n) is 5.05. The Morgan fingerprint density at radius 1 is 1.23 bits per heavy atom. The van der Waals surface area contributed by atoms with Crippen molar-refractivity contribution in [2.75, 3.05) is 45.9 Å². The standard InChI is InChI=1S/C10H18N2O/c1-2-3-11-4-6-12(7-5-11)8-10-9-13-10/h2,10H,1,3-9H2. The molecule has 0 aromatic heterocycles. The van der Waals surface area contributed by atoms with Crippen LogP contribution in [-0.4, -0.2) is 61.8 Å². The molecular formula is C10H18N2O. The first kappa shape index (κ1) is 9.19. The van der Waals surface area contributed by atoms with Crippen LogP contribution in [0.15, 0.2) is 12.7 Å². The molecule has 3 nitrogen and oxygen atoms in total. The highest BCUT2D eigenvalue weighted by Gasteiger charge is 2.26. The Morgan fingerprint density at radius 2 is 1.85 bits per heavy atom. The summed E-state index contributed by atoms with van der Waals surface area (Å²) in [5.74, 6) is 0. The molecular weight excluding hydrogens is 164 g/mol. The molecule has 2 rings (SSSR count). The molecule has 2 saturated heterocycles. The molecule has 0 aromatic carbocycles. The summed E-state index contributed by atoms with van der Waals surface area (Å²) in [6.45, 7) is 11.6. The summed E-state index contributed by atoms with van der Waals surface area (Å²) in [5.41, 5.74) is 0. The Bertz CT molecular complexity index is 172. The van der Waals surface area contributed by atoms with E-state index >= 15 is 0 Å². The zero-order valence-corrected chi connectivity index (χ0v) is 8.11. The van der Waals surface area contributed by atoms with E-state index < -0.39 is 0 Å². The second-order valence-electron chi connectivity index (χ2n) is 3.85. The maximum Gasteiger partial charge on any atom is 0.0936 e. The predicted molar refractivity (Wildman–Crippen MR) is 52.8 cm³/mol. The highest BCUT2D eigenvalue weighted by Crippen LogP contribution is 2.12. The second-order valence-corrected chi connectivity index (χ2v) is 3.85. The van der Waals surface area contributed by atoms with Crippen molar-refractivity contribution in [3.8, 4) is 0 Å². The average molecular weight is 182 g/mol. The average Bonchev–Trinajstić information content (AvgIpc) is 2.93. The lowest BCUT2D eigenvalue weighted by Gasteiger charge is -2.33. The van der Waals surface area contributed by atoms with Gasteiger partial charge in [0.2, 0.25) is 0 Å². The van der Waals surface area contributed by atoms with Gasteiger partial charge in [0.05, 0.1) is 12.7 Å². The Balaban J connectivity index is 1.65. The van der Waals surface area contributed by atoms with Crippen molar-refractivity contribution >= 4 is 0 Å². The topological polar surface area (TPSA) is 19.0 Å². The van der Waals surface area contributed by atoms with E-state index in [1.54, 1.807) is 0 Å². The van der Waals surface area contributed by atoms with Gasteiger partial charge in [-0.1, -0.05) is 6.08 Å². The Hall–Kier alpha value is -0.380. The summed E-state index contributed by atoms with van der Waals surface area (Å²) >= 11 is 0. The van der Waals surface area contributed by atoms with E-state index in [4.69, 9.17) is 4.74 Å². The van der Waals surface area contributed by atoms with Crippen LogP contribution in [0.25, 0.3) is 0 Å². The minimum absolute atomic E-state index is 0.547. The van der Waals surface area contributed by atoms with Gasteiger partial charge in [0.1, 0.15) is 0 Å². The fourth-order valence-electron chi connectivity index (χ4n) is 1.80. The van der Waals surface area contributed by atoms with Gasteiger partial charge in [-0.2, -0.15) is 0 Å². The molecule has 0 aromatic rings. The van der Waals surface area contributed by atoms with Crippen LogP contribution in [0.5, 0.6) is 0 Å². The van der Waals surface area contributed by atoms with Crippen molar-refractivity contribution in [3.05, 3.63) is 12.7 Å². The molecule has 1 unspecified atom stereocenters. The Morgan fingerprint density at radius 3 is 2.38 bits per heavy atom. The summed E-state index contributed by atoms with van der Waals surface area (Å²) in [5, 5.41) is 0. The molecule has 2 fully saturated rings. The van der Waals surface area contributed by atoms with E-state index in [2.05, 4.69) is 16.4 Å². The fraction of sp³-hybridized carbons (Fsp3) is 0.800. The van der Waals surface area contributed by atoms with E-state index in [1.807, 2.05) is 6.08 Å². The molecule has 0 aliphatic carbocycles. The zero-order valence-electron chi connectivity index (χ0n) is 8.11. The second kappa shape index (κ2) is 4.22. The third-order valence-electron chi connectivity index (χ3n) is 2.72. The van der Waals surface area contributed by atoms with Crippen molar-refractivity contribution in [2.24, 2.45) is 0 Å². The molecule has 3 heteroatoms. The molecule has 74 valence electrons. The summed E-state index contributed by atoms with van der Waals surface area (Å²) in [6, 6.07) is 0. The summed E-state index contributed by atoms with van der Waals surface area (Å²) in [4.78, 5) is 4.94. The van der Waals surface area contributed by atoms with Crippen molar-refractivity contribution < 1.29 is 4.74 Å². The number of epoxide rings is 1. The van der Waals surface area contributed by atoms with Crippen molar-refractivity contribution in [1.82, 2.24) is 9.80 Å². The summed E-state index contributed by atoms with van der Waals surface area (Å²) in [7, 11) is 0. The number of ether oxygens (including phenoxy) is 1. The van der Waals surface area contributed by atoms with Gasteiger partial charge in [0.15, 0.2) is 0 Å². The molecule has 1 atom stereocenters. The lowest BCUT2D eigenvalue weighted by Crippen LogP contribution is -2.47. The van der Waals surface area contributed by atoms with Gasteiger partial charge >= 0.3 is 0 Å². The van der Waals surface area contributed by atoms with Crippen LogP contribution >= 0.6 is 0 Å². The summed E-state index contributed by atoms with van der Waals surface area (Å²) in [6.07, 6.45) is 2.53. The van der Waals surface area contributed by atoms with Gasteiger partial charge in [-0.15, -0.1) is 6.58 Å². The molecule has 0 spiro atoms. The fourth-order valence-corrected chi connectivity index (χ4v) is 1.80. The lowest BCUT2D eigenvalue weighted by atomic mass is 10.3. The Kier molecular flexibility index (Phi) is 2.98. The van der Waals surface area contributed by atoms with Gasteiger partial charge < -0.3 is 4.74 Å². The SMILES string of the molecule is C=CCN1CCN(CC2CO2)CC1. The minimum atomic E-state index is 0.547. The number of nitrogens with zero attached hydrogens (tertiary/aromatic N) is 2. The zero-order chi connectivity index (χ0) is 9.10. The van der Waals surface area contributed by atoms with Gasteiger partial charge in [0, 0.05) is 39.3 Å². The van der Waals surface area contributed by atoms with Crippen molar-refractivity contribution in [2.45, 2.75) is 6.10 Å². The van der Waals surface area contributed by atoms with Crippen LogP contribution in [0.4, 0.5) is 0 Å². The van der Waals surface area contributed by atoms with Crippen LogP contribution in [0.2, 0.25) is 0 Å². The largest absolute Gasteiger partial charge is 0.372 e. The molecule has 2 aliphatic rings. The minimum Gasteiger partial charge on any atom is -0.372 e. The first-order valence-corrected chi connectivity index (χ1v) is 5.05. The first-order chi connectivity index (χ1) is 6.38. The third-order valence-corrected chi connectivity index (χ3v) is 2.72. The summed E-state index contributed by atoms with van der Waals surface area (Å²) < 4.78 is 5.21. The molecule has 0 amide bonds. The monoisotopic (exact) mass is 182 g/mol. The number of rotatable bonds is 4. The van der Waals surface area contributed by atoms with Crippen molar-refractivity contribution in [1.29, 1.82) is 0 Å². The molecule has 2 heterocycles. The normalized spacial score (nSPS) is 30.3. The predicted octanol–water partition coefficient (Wildman–Crippen LogP) is 0.189. The molecule has 0 radical (unpaired) electrons. The van der Waals surface area contributed by atoms with E-state index in [-0.39, 0.29) is 0 Å². The van der Waals surface area contributed by atoms with Crippen LogP contribution < -0.4 is 0 Å². The van der Waals surface area contributed by atoms with Gasteiger partial charge in [-0.3, -0.25) is 9.80 Å². The van der Waals surface area contributed by atoms with Gasteiger partial charge in [-0.05, 0) is 0 Å². The van der Waals surface area contributed by atoms with Crippen LogP contribution in [0.1, 0.15) is 0 Å². The quantitative estimate of drug-likeness (QED) is 0.457. The van der Waals surface area contributed by atoms with Crippen LogP contribution in [0.3, 0.4) is 0 Å². The van der Waals surface area contributed by atoms with Gasteiger partial charge in [-0.25, -0.2) is 0 Å². The molecule has 0 N–H and O–H groups in total.